The van der Waals surface area contributed by atoms with Gasteiger partial charge in [0.15, 0.2) is 0 Å². The van der Waals surface area contributed by atoms with Gasteiger partial charge in [-0.05, 0) is 85.2 Å². The van der Waals surface area contributed by atoms with E-state index >= 15 is 0 Å². The van der Waals surface area contributed by atoms with Crippen LogP contribution in [0.15, 0.2) is 71.7 Å². The maximum absolute atomic E-state index is 13.0. The molecule has 0 radical (unpaired) electrons. The van der Waals surface area contributed by atoms with Gasteiger partial charge in [-0.25, -0.2) is 0 Å². The predicted molar refractivity (Wildman–Crippen MR) is 160 cm³/mol. The number of carboxylic acid groups (broad SMARTS) is 1. The number of benzene rings is 3. The van der Waals surface area contributed by atoms with E-state index in [1.807, 2.05) is 19.1 Å². The Labute approximate surface area is 252 Å². The molecule has 1 atom stereocenters. The average Bonchev–Trinajstić information content (AvgIpc) is 3.74. The number of carbonyl (C=O) groups excluding carboxylic acids is 1. The molecule has 4 rings (SSSR count). The molecular formula is C32H33ClF3N3O4. The van der Waals surface area contributed by atoms with Crippen LogP contribution in [0.3, 0.4) is 0 Å². The minimum atomic E-state index is -4.76. The first-order valence-electron chi connectivity index (χ1n) is 14.0. The number of hydrogen-bond donors (Lipinski definition) is 3. The highest BCUT2D eigenvalue weighted by Gasteiger charge is 2.44. The van der Waals surface area contributed by atoms with Crippen molar-refractivity contribution >= 4 is 40.6 Å². The Bertz CT molecular complexity index is 1470. The number of carboxylic acids is 1. The molecule has 1 saturated carbocycles. The van der Waals surface area contributed by atoms with Gasteiger partial charge in [-0.3, -0.25) is 14.6 Å². The van der Waals surface area contributed by atoms with E-state index < -0.39 is 12.3 Å². The Morgan fingerprint density at radius 2 is 1.70 bits per heavy atom. The van der Waals surface area contributed by atoms with E-state index in [-0.39, 0.29) is 29.4 Å². The highest BCUT2D eigenvalue weighted by molar-refractivity contribution is 6.30. The van der Waals surface area contributed by atoms with E-state index in [1.54, 1.807) is 42.5 Å². The lowest BCUT2D eigenvalue weighted by Crippen LogP contribution is -2.32. The molecule has 0 unspecified atom stereocenters. The predicted octanol–water partition coefficient (Wildman–Crippen LogP) is 7.68. The lowest BCUT2D eigenvalue weighted by atomic mass is 9.93. The van der Waals surface area contributed by atoms with Gasteiger partial charge >= 0.3 is 12.3 Å². The van der Waals surface area contributed by atoms with Crippen LogP contribution in [-0.4, -0.2) is 35.6 Å². The number of nitrogens with one attached hydrogen (secondary N) is 1. The Balaban J connectivity index is 1.45. The number of ether oxygens (including phenoxy) is 1. The summed E-state index contributed by atoms with van der Waals surface area (Å²) in [5.41, 5.74) is 9.65. The van der Waals surface area contributed by atoms with Gasteiger partial charge in [0.2, 0.25) is 0 Å². The molecule has 0 saturated heterocycles. The molecule has 11 heteroatoms. The second-order valence-corrected chi connectivity index (χ2v) is 11.3. The molecule has 0 aliphatic heterocycles. The van der Waals surface area contributed by atoms with Crippen LogP contribution >= 0.6 is 11.6 Å². The molecule has 0 heterocycles. The van der Waals surface area contributed by atoms with E-state index in [2.05, 4.69) is 10.1 Å². The fraction of sp³-hybridized carbons (Fsp3) is 0.344. The molecular weight excluding hydrogens is 583 g/mol. The Morgan fingerprint density at radius 1 is 1.05 bits per heavy atom. The van der Waals surface area contributed by atoms with Gasteiger partial charge in [-0.15, -0.1) is 13.2 Å². The SMILES string of the molecule is C[C@@H](CCCCC(=O)O)C(=Nc1ccc(C(=O)NCC2(c3ccc(OC(F)(F)F)cc3)CC2)cc1N)c1ccc(Cl)cc1. The monoisotopic (exact) mass is 615 g/mol. The maximum Gasteiger partial charge on any atom is 0.573 e. The number of amides is 1. The minimum Gasteiger partial charge on any atom is -0.481 e. The Kier molecular flexibility index (Phi) is 10.0. The van der Waals surface area contributed by atoms with E-state index in [0.717, 1.165) is 42.5 Å². The molecule has 4 N–H and O–H groups in total. The van der Waals surface area contributed by atoms with Gasteiger partial charge in [-0.2, -0.15) is 0 Å². The first-order chi connectivity index (χ1) is 20.3. The smallest absolute Gasteiger partial charge is 0.481 e. The van der Waals surface area contributed by atoms with Crippen molar-refractivity contribution in [2.24, 2.45) is 10.9 Å². The van der Waals surface area contributed by atoms with E-state index in [4.69, 9.17) is 27.4 Å². The van der Waals surface area contributed by atoms with E-state index in [9.17, 15) is 22.8 Å². The second kappa shape index (κ2) is 13.5. The lowest BCUT2D eigenvalue weighted by molar-refractivity contribution is -0.274. The number of aliphatic imine (C=N–C) groups is 1. The van der Waals surface area contributed by atoms with Crippen LogP contribution in [0.2, 0.25) is 5.02 Å². The van der Waals surface area contributed by atoms with Crippen molar-refractivity contribution in [3.63, 3.8) is 0 Å². The number of nitrogens with two attached hydrogens (primary N) is 1. The summed E-state index contributed by atoms with van der Waals surface area (Å²) >= 11 is 6.08. The van der Waals surface area contributed by atoms with Crippen LogP contribution < -0.4 is 15.8 Å². The van der Waals surface area contributed by atoms with Crippen molar-refractivity contribution in [3.8, 4) is 5.75 Å². The number of carbonyl (C=O) groups is 2. The fourth-order valence-corrected chi connectivity index (χ4v) is 5.08. The zero-order valence-electron chi connectivity index (χ0n) is 23.6. The molecule has 0 spiro atoms. The molecule has 1 fully saturated rings. The van der Waals surface area contributed by atoms with Gasteiger partial charge in [0.05, 0.1) is 17.1 Å². The van der Waals surface area contributed by atoms with Crippen molar-refractivity contribution in [1.29, 1.82) is 0 Å². The topological polar surface area (TPSA) is 114 Å². The van der Waals surface area contributed by atoms with Crippen LogP contribution in [0.4, 0.5) is 24.5 Å². The molecule has 0 aromatic heterocycles. The number of alkyl halides is 3. The quantitative estimate of drug-likeness (QED) is 0.104. The van der Waals surface area contributed by atoms with Crippen molar-refractivity contribution < 1.29 is 32.6 Å². The van der Waals surface area contributed by atoms with Gasteiger partial charge in [0, 0.05) is 29.0 Å². The maximum atomic E-state index is 13.0. The van der Waals surface area contributed by atoms with Gasteiger partial charge in [-0.1, -0.05) is 49.2 Å². The highest BCUT2D eigenvalue weighted by atomic mass is 35.5. The van der Waals surface area contributed by atoms with Crippen molar-refractivity contribution in [3.05, 3.63) is 88.4 Å². The molecule has 1 aliphatic rings. The average molecular weight is 616 g/mol. The first-order valence-corrected chi connectivity index (χ1v) is 14.3. The Hall–Kier alpha value is -4.05. The van der Waals surface area contributed by atoms with Crippen LogP contribution in [-0.2, 0) is 10.2 Å². The van der Waals surface area contributed by atoms with Crippen molar-refractivity contribution in [2.45, 2.75) is 57.2 Å². The number of aliphatic carboxylic acids is 1. The number of nitrogen functional groups attached to an aromatic ring is 1. The zero-order chi connectivity index (χ0) is 31.2. The lowest BCUT2D eigenvalue weighted by Gasteiger charge is -2.18. The number of halogens is 4. The summed E-state index contributed by atoms with van der Waals surface area (Å²) in [6, 6.07) is 17.9. The molecule has 7 nitrogen and oxygen atoms in total. The zero-order valence-corrected chi connectivity index (χ0v) is 24.3. The standard InChI is InChI=1S/C32H33ClF3N3O4/c1-20(4-2-3-5-28(40)41)29(21-6-11-24(33)12-7-21)39-27-15-8-22(18-26(27)37)30(42)38-19-31(16-17-31)23-9-13-25(14-10-23)43-32(34,35)36/h6-15,18,20H,2-5,16-17,19,37H2,1H3,(H,38,42)(H,40,41)/t20-/m0/s1. The first kappa shape index (κ1) is 31.9. The van der Waals surface area contributed by atoms with Gasteiger partial charge in [0.25, 0.3) is 5.91 Å². The summed E-state index contributed by atoms with van der Waals surface area (Å²) in [6.07, 6.45) is -1.03. The summed E-state index contributed by atoms with van der Waals surface area (Å²) < 4.78 is 41.4. The molecule has 43 heavy (non-hydrogen) atoms. The third-order valence-corrected chi connectivity index (χ3v) is 7.81. The van der Waals surface area contributed by atoms with Gasteiger partial charge < -0.3 is 20.9 Å². The molecule has 3 aromatic carbocycles. The van der Waals surface area contributed by atoms with Crippen molar-refractivity contribution in [2.75, 3.05) is 12.3 Å². The summed E-state index contributed by atoms with van der Waals surface area (Å²) in [7, 11) is 0. The summed E-state index contributed by atoms with van der Waals surface area (Å²) in [6.45, 7) is 2.35. The highest BCUT2D eigenvalue weighted by Crippen LogP contribution is 2.48. The number of anilines is 1. The normalized spacial score (nSPS) is 15.0. The van der Waals surface area contributed by atoms with Crippen LogP contribution in [0.5, 0.6) is 5.75 Å². The Morgan fingerprint density at radius 3 is 2.28 bits per heavy atom. The van der Waals surface area contributed by atoms with E-state index in [0.29, 0.717) is 34.9 Å². The van der Waals surface area contributed by atoms with E-state index in [1.165, 1.54) is 12.1 Å². The minimum absolute atomic E-state index is 0.00108. The van der Waals surface area contributed by atoms with Crippen LogP contribution in [0, 0.1) is 5.92 Å². The number of hydrogen-bond acceptors (Lipinski definition) is 5. The second-order valence-electron chi connectivity index (χ2n) is 10.9. The molecule has 0 bridgehead atoms. The summed E-state index contributed by atoms with van der Waals surface area (Å²) in [4.78, 5) is 28.7. The molecule has 228 valence electrons. The number of rotatable bonds is 13. The molecule has 3 aromatic rings. The molecule has 1 amide bonds. The third-order valence-electron chi connectivity index (χ3n) is 7.56. The third kappa shape index (κ3) is 8.97. The summed E-state index contributed by atoms with van der Waals surface area (Å²) in [5, 5.41) is 12.5. The fourth-order valence-electron chi connectivity index (χ4n) is 4.95. The summed E-state index contributed by atoms with van der Waals surface area (Å²) in [5.74, 6) is -1.44. The van der Waals surface area contributed by atoms with Crippen molar-refractivity contribution in [1.82, 2.24) is 5.32 Å². The molecule has 1 aliphatic carbocycles. The largest absolute Gasteiger partial charge is 0.573 e. The number of nitrogens with zero attached hydrogens (tertiary/aromatic N) is 1. The number of unbranched alkanes of at least 4 members (excludes halogenated alkanes) is 1. The van der Waals surface area contributed by atoms with Crippen LogP contribution in [0.25, 0.3) is 0 Å². The van der Waals surface area contributed by atoms with Crippen LogP contribution in [0.1, 0.15) is 66.9 Å². The van der Waals surface area contributed by atoms with Gasteiger partial charge in [0.1, 0.15) is 5.75 Å².